The van der Waals surface area contributed by atoms with Gasteiger partial charge in [-0.3, -0.25) is 4.21 Å². The van der Waals surface area contributed by atoms with Gasteiger partial charge in [-0.05, 0) is 24.6 Å². The Labute approximate surface area is 109 Å². The van der Waals surface area contributed by atoms with E-state index in [-0.39, 0.29) is 16.8 Å². The van der Waals surface area contributed by atoms with Crippen molar-refractivity contribution in [1.29, 1.82) is 0 Å². The lowest BCUT2D eigenvalue weighted by atomic mass is 10.3. The molecule has 0 spiro atoms. The van der Waals surface area contributed by atoms with Gasteiger partial charge in [0.15, 0.2) is 9.84 Å². The molecule has 1 aromatic rings. The molecule has 1 heterocycles. The zero-order valence-electron chi connectivity index (χ0n) is 9.96. The molecule has 2 unspecified atom stereocenters. The Morgan fingerprint density at radius 1 is 1.44 bits per heavy atom. The number of ether oxygens (including phenoxy) is 1. The average Bonchev–Trinajstić information content (AvgIpc) is 2.69. The maximum absolute atomic E-state index is 12.3. The molecular weight excluding hydrogens is 274 g/mol. The van der Waals surface area contributed by atoms with Crippen LogP contribution in [-0.2, 0) is 20.6 Å². The van der Waals surface area contributed by atoms with Gasteiger partial charge in [-0.1, -0.05) is 0 Å². The molecule has 1 saturated heterocycles. The Morgan fingerprint density at radius 2 is 2.17 bits per heavy atom. The minimum Gasteiger partial charge on any atom is -0.497 e. The van der Waals surface area contributed by atoms with Crippen LogP contribution in [0.5, 0.6) is 5.75 Å². The van der Waals surface area contributed by atoms with Crippen LogP contribution in [0.4, 0.5) is 5.69 Å². The van der Waals surface area contributed by atoms with Crippen molar-refractivity contribution in [3.63, 3.8) is 0 Å². The van der Waals surface area contributed by atoms with Crippen molar-refractivity contribution in [2.45, 2.75) is 16.6 Å². The van der Waals surface area contributed by atoms with Gasteiger partial charge in [-0.25, -0.2) is 8.42 Å². The summed E-state index contributed by atoms with van der Waals surface area (Å²) in [7, 11) is -2.94. The number of nitrogens with two attached hydrogens (primary N) is 1. The van der Waals surface area contributed by atoms with Gasteiger partial charge < -0.3 is 10.5 Å². The van der Waals surface area contributed by atoms with Crippen molar-refractivity contribution in [3.8, 4) is 5.75 Å². The number of hydrogen-bond donors (Lipinski definition) is 1. The maximum atomic E-state index is 12.3. The van der Waals surface area contributed by atoms with Crippen LogP contribution in [0.1, 0.15) is 6.42 Å². The van der Waals surface area contributed by atoms with Crippen LogP contribution in [-0.4, -0.2) is 36.5 Å². The number of sulfone groups is 1. The Morgan fingerprint density at radius 3 is 2.72 bits per heavy atom. The number of nitrogen functional groups attached to an aromatic ring is 1. The van der Waals surface area contributed by atoms with Gasteiger partial charge in [0.25, 0.3) is 0 Å². The largest absolute Gasteiger partial charge is 0.497 e. The third-order valence-electron chi connectivity index (χ3n) is 2.93. The first kappa shape index (κ1) is 13.4. The lowest BCUT2D eigenvalue weighted by molar-refractivity contribution is 0.413. The van der Waals surface area contributed by atoms with E-state index in [0.29, 0.717) is 22.8 Å². The van der Waals surface area contributed by atoms with E-state index in [1.165, 1.54) is 7.11 Å². The molecule has 18 heavy (non-hydrogen) atoms. The molecule has 2 N–H and O–H groups in total. The molecule has 1 aliphatic heterocycles. The minimum atomic E-state index is -3.04. The Balaban J connectivity index is 2.29. The van der Waals surface area contributed by atoms with Gasteiger partial charge in [0.1, 0.15) is 5.75 Å². The summed E-state index contributed by atoms with van der Waals surface area (Å²) < 4.78 is 40.2. The first-order valence-corrected chi connectivity index (χ1v) is 8.51. The molecule has 5 nitrogen and oxygen atoms in total. The van der Waals surface area contributed by atoms with Gasteiger partial charge >= 0.3 is 0 Å². The second-order valence-corrected chi connectivity index (χ2v) is 8.16. The summed E-state index contributed by atoms with van der Waals surface area (Å²) >= 11 is 0. The SMILES string of the molecule is COc1ccc(N)c(S(=O)C2CCS(=O)(=O)C2)c1. The highest BCUT2D eigenvalue weighted by molar-refractivity contribution is 7.94. The second kappa shape index (κ2) is 4.89. The van der Waals surface area contributed by atoms with Crippen molar-refractivity contribution < 1.29 is 17.4 Å². The summed E-state index contributed by atoms with van der Waals surface area (Å²) in [4.78, 5) is 0.455. The van der Waals surface area contributed by atoms with E-state index in [9.17, 15) is 12.6 Å². The van der Waals surface area contributed by atoms with Gasteiger partial charge in [0.2, 0.25) is 0 Å². The van der Waals surface area contributed by atoms with Gasteiger partial charge in [0, 0.05) is 5.69 Å². The molecule has 0 bridgehead atoms. The second-order valence-electron chi connectivity index (χ2n) is 4.23. The zero-order chi connectivity index (χ0) is 13.3. The summed E-state index contributed by atoms with van der Waals surface area (Å²) in [6, 6.07) is 4.91. The fourth-order valence-corrected chi connectivity index (χ4v) is 5.96. The molecule has 0 aliphatic carbocycles. The number of benzene rings is 1. The average molecular weight is 289 g/mol. The number of hydrogen-bond acceptors (Lipinski definition) is 5. The van der Waals surface area contributed by atoms with E-state index in [1.54, 1.807) is 18.2 Å². The van der Waals surface area contributed by atoms with E-state index >= 15 is 0 Å². The quantitative estimate of drug-likeness (QED) is 0.822. The molecule has 0 saturated carbocycles. The molecule has 1 aliphatic rings. The first-order chi connectivity index (χ1) is 8.43. The van der Waals surface area contributed by atoms with Crippen molar-refractivity contribution in [2.75, 3.05) is 24.3 Å². The molecule has 0 aromatic heterocycles. The first-order valence-electron chi connectivity index (χ1n) is 5.47. The van der Waals surface area contributed by atoms with Crippen LogP contribution >= 0.6 is 0 Å². The van der Waals surface area contributed by atoms with E-state index in [1.807, 2.05) is 0 Å². The highest BCUT2D eigenvalue weighted by Crippen LogP contribution is 2.28. The van der Waals surface area contributed by atoms with Crippen molar-refractivity contribution >= 4 is 26.3 Å². The van der Waals surface area contributed by atoms with E-state index < -0.39 is 20.6 Å². The number of anilines is 1. The monoisotopic (exact) mass is 289 g/mol. The van der Waals surface area contributed by atoms with Gasteiger partial charge in [-0.2, -0.15) is 0 Å². The minimum absolute atomic E-state index is 0.0315. The summed E-state index contributed by atoms with van der Waals surface area (Å²) in [6.07, 6.45) is 0.422. The lowest BCUT2D eigenvalue weighted by Gasteiger charge is -2.11. The van der Waals surface area contributed by atoms with Crippen molar-refractivity contribution in [2.24, 2.45) is 0 Å². The van der Waals surface area contributed by atoms with Crippen molar-refractivity contribution in [1.82, 2.24) is 0 Å². The third-order valence-corrected chi connectivity index (χ3v) is 6.70. The van der Waals surface area contributed by atoms with Gasteiger partial charge in [-0.15, -0.1) is 0 Å². The van der Waals surface area contributed by atoms with Crippen LogP contribution in [0.3, 0.4) is 0 Å². The predicted molar refractivity (Wildman–Crippen MR) is 70.9 cm³/mol. The molecule has 2 rings (SSSR count). The normalized spacial score (nSPS) is 23.7. The number of rotatable bonds is 3. The smallest absolute Gasteiger partial charge is 0.151 e. The standard InChI is InChI=1S/C11H15NO4S2/c1-16-8-2-3-10(12)11(6-8)17(13)9-4-5-18(14,15)7-9/h2-3,6,9H,4-5,7,12H2,1H3. The van der Waals surface area contributed by atoms with E-state index in [2.05, 4.69) is 0 Å². The maximum Gasteiger partial charge on any atom is 0.151 e. The fraction of sp³-hybridized carbons (Fsp3) is 0.455. The zero-order valence-corrected chi connectivity index (χ0v) is 11.6. The van der Waals surface area contributed by atoms with Gasteiger partial charge in [0.05, 0.1) is 39.6 Å². The Hall–Kier alpha value is -1.08. The molecule has 7 heteroatoms. The van der Waals surface area contributed by atoms with E-state index in [4.69, 9.17) is 10.5 Å². The molecule has 0 amide bonds. The summed E-state index contributed by atoms with van der Waals surface area (Å²) in [5.41, 5.74) is 6.18. The molecule has 100 valence electrons. The molecule has 2 atom stereocenters. The lowest BCUT2D eigenvalue weighted by Crippen LogP contribution is -2.17. The topological polar surface area (TPSA) is 86.5 Å². The van der Waals surface area contributed by atoms with E-state index in [0.717, 1.165) is 0 Å². The van der Waals surface area contributed by atoms with Crippen LogP contribution in [0.15, 0.2) is 23.1 Å². The fourth-order valence-electron chi connectivity index (χ4n) is 1.93. The molecule has 1 aromatic carbocycles. The molecule has 1 fully saturated rings. The van der Waals surface area contributed by atoms with Crippen molar-refractivity contribution in [3.05, 3.63) is 18.2 Å². The number of methoxy groups -OCH3 is 1. The highest BCUT2D eigenvalue weighted by atomic mass is 32.2. The Kier molecular flexibility index (Phi) is 3.63. The molecular formula is C11H15NO4S2. The van der Waals surface area contributed by atoms with Crippen LogP contribution in [0.25, 0.3) is 0 Å². The third kappa shape index (κ3) is 2.67. The van der Waals surface area contributed by atoms with Crippen LogP contribution in [0.2, 0.25) is 0 Å². The summed E-state index contributed by atoms with van der Waals surface area (Å²) in [5.74, 6) is 0.636. The predicted octanol–water partition coefficient (Wildman–Crippen LogP) is 0.572. The van der Waals surface area contributed by atoms with Crippen LogP contribution < -0.4 is 10.5 Å². The van der Waals surface area contributed by atoms with Crippen LogP contribution in [0, 0.1) is 0 Å². The summed E-state index contributed by atoms with van der Waals surface area (Å²) in [6.45, 7) is 0. The summed E-state index contributed by atoms with van der Waals surface area (Å²) in [5, 5.41) is -0.371. The Bertz CT molecular complexity index is 583. The highest BCUT2D eigenvalue weighted by Gasteiger charge is 2.33. The molecule has 0 radical (unpaired) electrons.